The fraction of sp³-hybridized carbons (Fsp3) is 0.278. The minimum Gasteiger partial charge on any atom is -0.350 e. The van der Waals surface area contributed by atoms with Crippen LogP contribution in [-0.2, 0) is 6.54 Å². The van der Waals surface area contributed by atoms with Crippen LogP contribution in [0.1, 0.15) is 31.0 Å². The number of pyridine rings is 1. The second-order valence-corrected chi connectivity index (χ2v) is 5.38. The van der Waals surface area contributed by atoms with E-state index in [-0.39, 0.29) is 0 Å². The van der Waals surface area contributed by atoms with E-state index in [0.29, 0.717) is 6.04 Å². The summed E-state index contributed by atoms with van der Waals surface area (Å²) in [6.45, 7) is 6.20. The molecule has 1 unspecified atom stereocenters. The molecule has 1 aromatic carbocycles. The van der Waals surface area contributed by atoms with Crippen LogP contribution in [0.15, 0.2) is 55.0 Å². The molecule has 0 aliphatic heterocycles. The maximum absolute atomic E-state index is 4.42. The Labute approximate surface area is 125 Å². The van der Waals surface area contributed by atoms with Gasteiger partial charge in [0.25, 0.3) is 0 Å². The van der Waals surface area contributed by atoms with Gasteiger partial charge in [-0.1, -0.05) is 25.1 Å². The monoisotopic (exact) mass is 279 g/mol. The minimum absolute atomic E-state index is 0.394. The predicted octanol–water partition coefficient (Wildman–Crippen LogP) is 3.76. The number of fused-ring (bicyclic) bond motifs is 1. The van der Waals surface area contributed by atoms with Gasteiger partial charge < -0.3 is 9.88 Å². The van der Waals surface area contributed by atoms with Crippen molar-refractivity contribution >= 4 is 10.9 Å². The number of aromatic nitrogens is 2. The van der Waals surface area contributed by atoms with Crippen molar-refractivity contribution in [2.24, 2.45) is 0 Å². The standard InChI is InChI=1S/C18H21N3/c1-3-19-14(2)15-9-11-21(12-15)13-16-8-10-20-18-7-5-4-6-17(16)18/h4-12,14,19H,3,13H2,1-2H3. The molecule has 0 spiro atoms. The third kappa shape index (κ3) is 2.98. The Kier molecular flexibility index (Phi) is 4.02. The molecule has 1 N–H and O–H groups in total. The van der Waals surface area contributed by atoms with E-state index in [4.69, 9.17) is 0 Å². The summed E-state index contributed by atoms with van der Waals surface area (Å²) in [4.78, 5) is 4.42. The lowest BCUT2D eigenvalue weighted by molar-refractivity contribution is 0.596. The number of para-hydroxylation sites is 1. The average molecular weight is 279 g/mol. The van der Waals surface area contributed by atoms with Crippen LogP contribution in [0.5, 0.6) is 0 Å². The third-order valence-electron chi connectivity index (χ3n) is 3.88. The number of hydrogen-bond donors (Lipinski definition) is 1. The number of nitrogens with one attached hydrogen (secondary N) is 1. The largest absolute Gasteiger partial charge is 0.350 e. The molecule has 0 saturated carbocycles. The van der Waals surface area contributed by atoms with Gasteiger partial charge in [0.05, 0.1) is 5.52 Å². The molecule has 108 valence electrons. The normalized spacial score (nSPS) is 12.7. The van der Waals surface area contributed by atoms with Crippen LogP contribution in [0, 0.1) is 0 Å². The summed E-state index contributed by atoms with van der Waals surface area (Å²) in [6.07, 6.45) is 6.27. The van der Waals surface area contributed by atoms with Crippen molar-refractivity contribution < 1.29 is 0 Å². The van der Waals surface area contributed by atoms with Gasteiger partial charge in [0.15, 0.2) is 0 Å². The van der Waals surface area contributed by atoms with Gasteiger partial charge in [-0.05, 0) is 42.8 Å². The van der Waals surface area contributed by atoms with Gasteiger partial charge in [-0.15, -0.1) is 0 Å². The smallest absolute Gasteiger partial charge is 0.0705 e. The first-order valence-electron chi connectivity index (χ1n) is 7.49. The number of nitrogens with zero attached hydrogens (tertiary/aromatic N) is 2. The van der Waals surface area contributed by atoms with E-state index in [1.165, 1.54) is 16.5 Å². The topological polar surface area (TPSA) is 29.9 Å². The van der Waals surface area contributed by atoms with Crippen molar-refractivity contribution in [3.63, 3.8) is 0 Å². The zero-order valence-corrected chi connectivity index (χ0v) is 12.6. The highest BCUT2D eigenvalue weighted by molar-refractivity contribution is 5.81. The number of rotatable bonds is 5. The van der Waals surface area contributed by atoms with Crippen LogP contribution in [0.4, 0.5) is 0 Å². The molecule has 3 aromatic rings. The second-order valence-electron chi connectivity index (χ2n) is 5.38. The zero-order valence-electron chi connectivity index (χ0n) is 12.6. The number of hydrogen-bond acceptors (Lipinski definition) is 2. The first kappa shape index (κ1) is 13.8. The summed E-state index contributed by atoms with van der Waals surface area (Å²) < 4.78 is 2.24. The van der Waals surface area contributed by atoms with E-state index in [2.05, 4.69) is 71.4 Å². The minimum atomic E-state index is 0.394. The van der Waals surface area contributed by atoms with Gasteiger partial charge in [0.1, 0.15) is 0 Å². The molecule has 0 radical (unpaired) electrons. The first-order chi connectivity index (χ1) is 10.3. The molecule has 0 fully saturated rings. The van der Waals surface area contributed by atoms with Gasteiger partial charge in [-0.25, -0.2) is 0 Å². The molecule has 0 amide bonds. The van der Waals surface area contributed by atoms with Gasteiger partial charge in [-0.3, -0.25) is 4.98 Å². The van der Waals surface area contributed by atoms with E-state index in [9.17, 15) is 0 Å². The summed E-state index contributed by atoms with van der Waals surface area (Å²) in [5.74, 6) is 0. The second kappa shape index (κ2) is 6.10. The Morgan fingerprint density at radius 2 is 2.05 bits per heavy atom. The van der Waals surface area contributed by atoms with E-state index in [0.717, 1.165) is 18.6 Å². The highest BCUT2D eigenvalue weighted by atomic mass is 15.0. The fourth-order valence-electron chi connectivity index (χ4n) is 2.73. The van der Waals surface area contributed by atoms with Crippen molar-refractivity contribution in [3.05, 3.63) is 66.1 Å². The van der Waals surface area contributed by atoms with Gasteiger partial charge in [0, 0.05) is 36.6 Å². The Morgan fingerprint density at radius 3 is 2.90 bits per heavy atom. The molecule has 3 nitrogen and oxygen atoms in total. The Morgan fingerprint density at radius 1 is 1.19 bits per heavy atom. The first-order valence-corrected chi connectivity index (χ1v) is 7.49. The Hall–Kier alpha value is -2.13. The van der Waals surface area contributed by atoms with Crippen molar-refractivity contribution in [1.82, 2.24) is 14.9 Å². The van der Waals surface area contributed by atoms with Crippen LogP contribution in [-0.4, -0.2) is 16.1 Å². The summed E-state index contributed by atoms with van der Waals surface area (Å²) in [7, 11) is 0. The molecule has 0 aliphatic carbocycles. The average Bonchev–Trinajstić information content (AvgIpc) is 2.97. The highest BCUT2D eigenvalue weighted by Gasteiger charge is 2.07. The summed E-state index contributed by atoms with van der Waals surface area (Å²) in [5, 5.41) is 4.68. The quantitative estimate of drug-likeness (QED) is 0.770. The van der Waals surface area contributed by atoms with E-state index in [1.807, 2.05) is 12.3 Å². The Balaban J connectivity index is 1.86. The molecular formula is C18H21N3. The van der Waals surface area contributed by atoms with Crippen molar-refractivity contribution in [3.8, 4) is 0 Å². The highest BCUT2D eigenvalue weighted by Crippen LogP contribution is 2.19. The summed E-state index contributed by atoms with van der Waals surface area (Å²) >= 11 is 0. The maximum Gasteiger partial charge on any atom is 0.0705 e. The predicted molar refractivity (Wildman–Crippen MR) is 87.4 cm³/mol. The van der Waals surface area contributed by atoms with Gasteiger partial charge >= 0.3 is 0 Å². The van der Waals surface area contributed by atoms with E-state index >= 15 is 0 Å². The van der Waals surface area contributed by atoms with Gasteiger partial charge in [-0.2, -0.15) is 0 Å². The third-order valence-corrected chi connectivity index (χ3v) is 3.88. The maximum atomic E-state index is 4.42. The lowest BCUT2D eigenvalue weighted by atomic mass is 10.1. The molecule has 2 aromatic heterocycles. The van der Waals surface area contributed by atoms with E-state index < -0.39 is 0 Å². The van der Waals surface area contributed by atoms with E-state index in [1.54, 1.807) is 0 Å². The molecular weight excluding hydrogens is 258 g/mol. The molecule has 3 heteroatoms. The molecule has 1 atom stereocenters. The molecule has 0 saturated heterocycles. The fourth-order valence-corrected chi connectivity index (χ4v) is 2.73. The van der Waals surface area contributed by atoms with Crippen LogP contribution >= 0.6 is 0 Å². The van der Waals surface area contributed by atoms with Crippen LogP contribution in [0.3, 0.4) is 0 Å². The molecule has 3 rings (SSSR count). The van der Waals surface area contributed by atoms with Crippen molar-refractivity contribution in [2.45, 2.75) is 26.4 Å². The SMILES string of the molecule is CCNC(C)c1ccn(Cc2ccnc3ccccc23)c1. The van der Waals surface area contributed by atoms with Crippen LogP contribution in [0.25, 0.3) is 10.9 Å². The van der Waals surface area contributed by atoms with Crippen LogP contribution < -0.4 is 5.32 Å². The zero-order chi connectivity index (χ0) is 14.7. The molecule has 0 bridgehead atoms. The molecule has 21 heavy (non-hydrogen) atoms. The van der Waals surface area contributed by atoms with Crippen molar-refractivity contribution in [1.29, 1.82) is 0 Å². The van der Waals surface area contributed by atoms with Gasteiger partial charge in [0.2, 0.25) is 0 Å². The molecule has 0 aliphatic rings. The van der Waals surface area contributed by atoms with Crippen molar-refractivity contribution in [2.75, 3.05) is 6.54 Å². The lowest BCUT2D eigenvalue weighted by Gasteiger charge is -2.10. The summed E-state index contributed by atoms with van der Waals surface area (Å²) in [6, 6.07) is 13.0. The number of benzene rings is 1. The summed E-state index contributed by atoms with van der Waals surface area (Å²) in [5.41, 5.74) is 3.69. The molecule has 2 heterocycles. The van der Waals surface area contributed by atoms with Crippen LogP contribution in [0.2, 0.25) is 0 Å². The Bertz CT molecular complexity index is 725. The lowest BCUT2D eigenvalue weighted by Crippen LogP contribution is -2.17.